The lowest BCUT2D eigenvalue weighted by atomic mass is 10.1. The second-order valence-corrected chi connectivity index (χ2v) is 8.61. The second-order valence-electron chi connectivity index (χ2n) is 6.70. The van der Waals surface area contributed by atoms with Gasteiger partial charge in [0, 0.05) is 10.0 Å². The Labute approximate surface area is 203 Å². The Bertz CT molecular complexity index is 1110. The number of ether oxygens (including phenoxy) is 3. The highest BCUT2D eigenvalue weighted by atomic mass is 79.9. The van der Waals surface area contributed by atoms with Crippen molar-refractivity contribution < 1.29 is 33.4 Å². The smallest absolute Gasteiger partial charge is 0.343 e. The van der Waals surface area contributed by atoms with Crippen LogP contribution in [0.15, 0.2) is 51.8 Å². The molecule has 1 aliphatic heterocycles. The Balaban J connectivity index is 1.76. The minimum atomic E-state index is -0.542. The minimum absolute atomic E-state index is 0.189. The number of amides is 2. The van der Waals surface area contributed by atoms with E-state index >= 15 is 0 Å². The Morgan fingerprint density at radius 3 is 2.45 bits per heavy atom. The maximum Gasteiger partial charge on any atom is 0.343 e. The van der Waals surface area contributed by atoms with E-state index in [1.165, 1.54) is 7.11 Å². The molecule has 8 nitrogen and oxygen atoms in total. The zero-order valence-electron chi connectivity index (χ0n) is 17.8. The molecule has 0 N–H and O–H groups in total. The van der Waals surface area contributed by atoms with Crippen LogP contribution in [0.1, 0.15) is 22.8 Å². The molecule has 2 aromatic rings. The van der Waals surface area contributed by atoms with Gasteiger partial charge in [-0.25, -0.2) is 4.79 Å². The molecule has 1 fully saturated rings. The Hall–Kier alpha value is -3.11. The summed E-state index contributed by atoms with van der Waals surface area (Å²) in [5.41, 5.74) is 0.999. The molecule has 0 aliphatic carbocycles. The van der Waals surface area contributed by atoms with Crippen molar-refractivity contribution in [3.63, 3.8) is 0 Å². The van der Waals surface area contributed by atoms with E-state index in [1.807, 2.05) is 0 Å². The number of benzene rings is 2. The fraction of sp³-hybridized carbons (Fsp3) is 0.217. The van der Waals surface area contributed by atoms with Gasteiger partial charge in [-0.2, -0.15) is 0 Å². The van der Waals surface area contributed by atoms with E-state index in [0.717, 1.165) is 21.1 Å². The molecule has 1 aliphatic rings. The molecule has 2 amide bonds. The first-order chi connectivity index (χ1) is 15.8. The predicted molar refractivity (Wildman–Crippen MR) is 126 cm³/mol. The second kappa shape index (κ2) is 11.2. The van der Waals surface area contributed by atoms with Crippen molar-refractivity contribution in [3.05, 3.63) is 63.0 Å². The molecule has 1 heterocycles. The number of imide groups is 1. The molecule has 10 heteroatoms. The molecule has 0 unspecified atom stereocenters. The van der Waals surface area contributed by atoms with Crippen molar-refractivity contribution in [2.45, 2.75) is 6.92 Å². The lowest BCUT2D eigenvalue weighted by molar-refractivity contribution is -0.142. The van der Waals surface area contributed by atoms with Crippen molar-refractivity contribution in [2.24, 2.45) is 0 Å². The molecule has 0 radical (unpaired) electrons. The van der Waals surface area contributed by atoms with E-state index in [1.54, 1.807) is 55.5 Å². The quantitative estimate of drug-likeness (QED) is 0.267. The van der Waals surface area contributed by atoms with Crippen LogP contribution < -0.4 is 9.47 Å². The topological polar surface area (TPSA) is 99.2 Å². The van der Waals surface area contributed by atoms with E-state index in [2.05, 4.69) is 20.7 Å². The highest BCUT2D eigenvalue weighted by Gasteiger charge is 2.36. The predicted octanol–water partition coefficient (Wildman–Crippen LogP) is 4.32. The van der Waals surface area contributed by atoms with Gasteiger partial charge in [0.05, 0.1) is 25.2 Å². The summed E-state index contributed by atoms with van der Waals surface area (Å²) in [7, 11) is 1.26. The van der Waals surface area contributed by atoms with Gasteiger partial charge in [0.2, 0.25) is 0 Å². The monoisotopic (exact) mass is 533 g/mol. The number of thioether (sulfide) groups is 1. The largest absolute Gasteiger partial charge is 0.490 e. The van der Waals surface area contributed by atoms with Gasteiger partial charge in [-0.15, -0.1) is 0 Å². The lowest BCUT2D eigenvalue weighted by Crippen LogP contribution is -2.33. The Kier molecular flexibility index (Phi) is 8.29. The van der Waals surface area contributed by atoms with Gasteiger partial charge in [-0.05, 0) is 54.6 Å². The summed E-state index contributed by atoms with van der Waals surface area (Å²) >= 11 is 4.06. The van der Waals surface area contributed by atoms with E-state index < -0.39 is 17.1 Å². The van der Waals surface area contributed by atoms with Gasteiger partial charge in [0.1, 0.15) is 0 Å². The van der Waals surface area contributed by atoms with Crippen LogP contribution in [0.5, 0.6) is 11.5 Å². The number of nitrogens with zero attached hydrogens (tertiary/aromatic N) is 1. The van der Waals surface area contributed by atoms with Crippen LogP contribution in [0.25, 0.3) is 6.08 Å². The zero-order valence-corrected chi connectivity index (χ0v) is 20.2. The molecule has 2 aromatic carbocycles. The number of halogens is 1. The zero-order chi connectivity index (χ0) is 24.0. The van der Waals surface area contributed by atoms with Crippen molar-refractivity contribution in [1.29, 1.82) is 0 Å². The van der Waals surface area contributed by atoms with Crippen molar-refractivity contribution in [2.75, 3.05) is 26.9 Å². The fourth-order valence-corrected chi connectivity index (χ4v) is 3.96. The minimum Gasteiger partial charge on any atom is -0.490 e. The number of esters is 1. The van der Waals surface area contributed by atoms with Crippen LogP contribution in [-0.4, -0.2) is 54.7 Å². The summed E-state index contributed by atoms with van der Waals surface area (Å²) in [6.45, 7) is 1.53. The normalized spacial score (nSPS) is 14.5. The summed E-state index contributed by atoms with van der Waals surface area (Å²) in [4.78, 5) is 50.1. The van der Waals surface area contributed by atoms with Crippen molar-refractivity contribution in [3.8, 4) is 11.5 Å². The Morgan fingerprint density at radius 2 is 1.79 bits per heavy atom. The van der Waals surface area contributed by atoms with Crippen LogP contribution in [0.2, 0.25) is 0 Å². The highest BCUT2D eigenvalue weighted by molar-refractivity contribution is 9.10. The van der Waals surface area contributed by atoms with E-state index in [9.17, 15) is 19.2 Å². The Morgan fingerprint density at radius 1 is 1.06 bits per heavy atom. The van der Waals surface area contributed by atoms with Gasteiger partial charge in [0.25, 0.3) is 11.1 Å². The van der Waals surface area contributed by atoms with Gasteiger partial charge >= 0.3 is 5.97 Å². The first kappa shape index (κ1) is 24.5. The van der Waals surface area contributed by atoms with Gasteiger partial charge in [-0.3, -0.25) is 19.3 Å². The number of Topliss-reactive ketones (excluding diaryl/α,β-unsaturated/α-hetero) is 1. The molecule has 33 heavy (non-hydrogen) atoms. The maximum absolute atomic E-state index is 12.8. The first-order valence-electron chi connectivity index (χ1n) is 9.83. The average Bonchev–Trinajstić information content (AvgIpc) is 3.06. The summed E-state index contributed by atoms with van der Waals surface area (Å²) in [6, 6.07) is 11.6. The highest BCUT2D eigenvalue weighted by Crippen LogP contribution is 2.35. The van der Waals surface area contributed by atoms with Crippen LogP contribution in [0, 0.1) is 0 Å². The number of hydrogen-bond donors (Lipinski definition) is 0. The third-order valence-electron chi connectivity index (χ3n) is 4.48. The SMILES string of the molecule is CCOc1cc(/C=C2/SC(=O)N(CC(=O)c3ccc(Br)cc3)C2=O)ccc1OCC(=O)OC. The molecule has 0 spiro atoms. The van der Waals surface area contributed by atoms with Crippen molar-refractivity contribution in [1.82, 2.24) is 4.90 Å². The van der Waals surface area contributed by atoms with Crippen LogP contribution >= 0.6 is 27.7 Å². The molecule has 172 valence electrons. The third-order valence-corrected chi connectivity index (χ3v) is 5.92. The molecular weight excluding hydrogens is 514 g/mol. The molecule has 0 bridgehead atoms. The number of ketones is 1. The van der Waals surface area contributed by atoms with Gasteiger partial charge in [0.15, 0.2) is 23.9 Å². The molecule has 0 saturated carbocycles. The van der Waals surface area contributed by atoms with E-state index in [4.69, 9.17) is 9.47 Å². The lowest BCUT2D eigenvalue weighted by Gasteiger charge is -2.12. The number of hydrogen-bond acceptors (Lipinski definition) is 8. The standard InChI is InChI=1S/C23H20BrNO7S/c1-3-31-19-10-14(4-9-18(19)32-13-21(27)30-2)11-20-22(28)25(23(29)33-20)12-17(26)15-5-7-16(24)8-6-15/h4-11H,3,12-13H2,1-2H3/b20-11+. The van der Waals surface area contributed by atoms with E-state index in [0.29, 0.717) is 29.2 Å². The summed E-state index contributed by atoms with van der Waals surface area (Å²) in [6.07, 6.45) is 1.54. The average molecular weight is 534 g/mol. The maximum atomic E-state index is 12.8. The fourth-order valence-electron chi connectivity index (χ4n) is 2.86. The van der Waals surface area contributed by atoms with Crippen LogP contribution in [0.4, 0.5) is 4.79 Å². The van der Waals surface area contributed by atoms with Crippen LogP contribution in [-0.2, 0) is 14.3 Å². The molecule has 3 rings (SSSR count). The summed E-state index contributed by atoms with van der Waals surface area (Å²) in [5, 5.41) is -0.514. The van der Waals surface area contributed by atoms with Gasteiger partial charge < -0.3 is 14.2 Å². The first-order valence-corrected chi connectivity index (χ1v) is 11.4. The molecular formula is C23H20BrNO7S. The van der Waals surface area contributed by atoms with Crippen LogP contribution in [0.3, 0.4) is 0 Å². The van der Waals surface area contributed by atoms with E-state index in [-0.39, 0.29) is 23.8 Å². The van der Waals surface area contributed by atoms with Gasteiger partial charge in [-0.1, -0.05) is 34.1 Å². The van der Waals surface area contributed by atoms with Crippen molar-refractivity contribution >= 4 is 56.7 Å². The third kappa shape index (κ3) is 6.23. The summed E-state index contributed by atoms with van der Waals surface area (Å²) in [5.74, 6) is -0.698. The molecule has 0 aromatic heterocycles. The molecule has 1 saturated heterocycles. The molecule has 0 atom stereocenters. The summed E-state index contributed by atoms with van der Waals surface area (Å²) < 4.78 is 16.4. The number of carbonyl (C=O) groups excluding carboxylic acids is 4. The number of rotatable bonds is 9. The number of methoxy groups -OCH3 is 1. The number of carbonyl (C=O) groups is 4.